The zero-order chi connectivity index (χ0) is 12.3. The molecular weight excluding hydrogens is 222 g/mol. The molecule has 0 aliphatic rings. The van der Waals surface area contributed by atoms with Gasteiger partial charge in [0.05, 0.1) is 0 Å². The molecule has 17 heavy (non-hydrogen) atoms. The molecule has 0 fully saturated rings. The smallest absolute Gasteiger partial charge is 0.135 e. The summed E-state index contributed by atoms with van der Waals surface area (Å²) in [6.45, 7) is 8.89. The topological polar surface area (TPSA) is 12.9 Å². The third kappa shape index (κ3) is 2.37. The standard InChI is InChI=1S/C15H17NSi/c1-13(14-9-5-4-6-10-14)17(2,3)15-11-7-8-12-16-15/h4-12H,1H2,2-3H3. The summed E-state index contributed by atoms with van der Waals surface area (Å²) < 4.78 is 0. The molecule has 0 spiro atoms. The van der Waals surface area contributed by atoms with Gasteiger partial charge in [-0.05, 0) is 17.7 Å². The van der Waals surface area contributed by atoms with E-state index >= 15 is 0 Å². The quantitative estimate of drug-likeness (QED) is 0.749. The minimum atomic E-state index is -1.73. The fourth-order valence-corrected chi connectivity index (χ4v) is 3.99. The largest absolute Gasteiger partial charge is 0.266 e. The molecule has 0 saturated heterocycles. The van der Waals surface area contributed by atoms with Crippen LogP contribution >= 0.6 is 0 Å². The molecule has 0 unspecified atom stereocenters. The van der Waals surface area contributed by atoms with Crippen LogP contribution in [0.2, 0.25) is 13.1 Å². The predicted octanol–water partition coefficient (Wildman–Crippen LogP) is 3.25. The van der Waals surface area contributed by atoms with E-state index in [2.05, 4.69) is 61.1 Å². The van der Waals surface area contributed by atoms with Crippen molar-refractivity contribution in [1.29, 1.82) is 0 Å². The van der Waals surface area contributed by atoms with E-state index < -0.39 is 8.07 Å². The van der Waals surface area contributed by atoms with E-state index in [1.165, 1.54) is 16.1 Å². The molecule has 1 aromatic carbocycles. The second-order valence-corrected chi connectivity index (χ2v) is 9.05. The fraction of sp³-hybridized carbons (Fsp3) is 0.133. The third-order valence-corrected chi connectivity index (χ3v) is 6.56. The number of aromatic nitrogens is 1. The van der Waals surface area contributed by atoms with Gasteiger partial charge < -0.3 is 0 Å². The summed E-state index contributed by atoms with van der Waals surface area (Å²) in [7, 11) is -1.73. The average Bonchev–Trinajstić information content (AvgIpc) is 2.40. The van der Waals surface area contributed by atoms with Crippen LogP contribution in [0.5, 0.6) is 0 Å². The molecule has 1 nitrogen and oxygen atoms in total. The van der Waals surface area contributed by atoms with Crippen molar-refractivity contribution < 1.29 is 0 Å². The lowest BCUT2D eigenvalue weighted by atomic mass is 10.2. The van der Waals surface area contributed by atoms with Crippen molar-refractivity contribution in [3.63, 3.8) is 0 Å². The number of hydrogen-bond donors (Lipinski definition) is 0. The zero-order valence-corrected chi connectivity index (χ0v) is 11.4. The Hall–Kier alpha value is -1.67. The maximum atomic E-state index is 4.50. The van der Waals surface area contributed by atoms with Crippen molar-refractivity contribution in [2.75, 3.05) is 0 Å². The molecule has 0 saturated carbocycles. The molecule has 2 heteroatoms. The lowest BCUT2D eigenvalue weighted by molar-refractivity contribution is 1.37. The summed E-state index contributed by atoms with van der Waals surface area (Å²) in [4.78, 5) is 4.50. The van der Waals surface area contributed by atoms with Gasteiger partial charge in [-0.3, -0.25) is 4.98 Å². The zero-order valence-electron chi connectivity index (χ0n) is 10.4. The van der Waals surface area contributed by atoms with Gasteiger partial charge in [0.15, 0.2) is 0 Å². The monoisotopic (exact) mass is 239 g/mol. The number of rotatable bonds is 3. The molecule has 1 aromatic heterocycles. The summed E-state index contributed by atoms with van der Waals surface area (Å²) in [5, 5.41) is 2.42. The van der Waals surface area contributed by atoms with Gasteiger partial charge in [0.2, 0.25) is 0 Å². The van der Waals surface area contributed by atoms with Gasteiger partial charge in [0.25, 0.3) is 0 Å². The van der Waals surface area contributed by atoms with E-state index in [0.717, 1.165) is 0 Å². The van der Waals surface area contributed by atoms with Crippen molar-refractivity contribution in [2.45, 2.75) is 13.1 Å². The maximum Gasteiger partial charge on any atom is 0.135 e. The Labute approximate surface area is 104 Å². The molecule has 0 aliphatic heterocycles. The van der Waals surface area contributed by atoms with Gasteiger partial charge in [-0.25, -0.2) is 0 Å². The van der Waals surface area contributed by atoms with Crippen molar-refractivity contribution >= 4 is 18.6 Å². The van der Waals surface area contributed by atoms with Crippen LogP contribution in [0.1, 0.15) is 5.56 Å². The second kappa shape index (κ2) is 4.68. The highest BCUT2D eigenvalue weighted by Gasteiger charge is 2.29. The molecule has 86 valence electrons. The van der Waals surface area contributed by atoms with E-state index in [4.69, 9.17) is 0 Å². The number of nitrogens with zero attached hydrogens (tertiary/aromatic N) is 1. The van der Waals surface area contributed by atoms with Crippen LogP contribution in [0.25, 0.3) is 5.20 Å². The van der Waals surface area contributed by atoms with Crippen LogP contribution in [0, 0.1) is 0 Å². The van der Waals surface area contributed by atoms with E-state index in [9.17, 15) is 0 Å². The fourth-order valence-electron chi connectivity index (χ4n) is 1.89. The normalized spacial score (nSPS) is 11.2. The molecule has 2 aromatic rings. The van der Waals surface area contributed by atoms with Crippen LogP contribution in [0.4, 0.5) is 0 Å². The second-order valence-electron chi connectivity index (χ2n) is 4.68. The summed E-state index contributed by atoms with van der Waals surface area (Å²) in [6, 6.07) is 16.5. The minimum absolute atomic E-state index is 1.19. The van der Waals surface area contributed by atoms with Crippen molar-refractivity contribution in [1.82, 2.24) is 4.98 Å². The summed E-state index contributed by atoms with van der Waals surface area (Å²) in [5.74, 6) is 0. The molecule has 0 N–H and O–H groups in total. The maximum absolute atomic E-state index is 4.50. The predicted molar refractivity (Wildman–Crippen MR) is 76.8 cm³/mol. The van der Waals surface area contributed by atoms with Gasteiger partial charge in [-0.2, -0.15) is 0 Å². The van der Waals surface area contributed by atoms with Crippen molar-refractivity contribution in [2.24, 2.45) is 0 Å². The minimum Gasteiger partial charge on any atom is -0.266 e. The molecule has 0 radical (unpaired) electrons. The molecule has 0 amide bonds. The summed E-state index contributed by atoms with van der Waals surface area (Å²) in [6.07, 6.45) is 1.86. The average molecular weight is 239 g/mol. The highest BCUT2D eigenvalue weighted by molar-refractivity contribution is 7.03. The molecule has 0 atom stereocenters. The van der Waals surface area contributed by atoms with Crippen LogP contribution in [0.15, 0.2) is 61.3 Å². The van der Waals surface area contributed by atoms with Crippen LogP contribution in [-0.2, 0) is 0 Å². The van der Waals surface area contributed by atoms with Crippen LogP contribution in [-0.4, -0.2) is 13.1 Å². The van der Waals surface area contributed by atoms with E-state index in [1.807, 2.05) is 18.3 Å². The van der Waals surface area contributed by atoms with E-state index in [-0.39, 0.29) is 0 Å². The number of benzene rings is 1. The Balaban J connectivity index is 2.37. The van der Waals surface area contributed by atoms with Gasteiger partial charge in [-0.1, -0.05) is 61.3 Å². The van der Waals surface area contributed by atoms with Gasteiger partial charge >= 0.3 is 0 Å². The van der Waals surface area contributed by atoms with Crippen molar-refractivity contribution in [3.8, 4) is 0 Å². The highest BCUT2D eigenvalue weighted by Crippen LogP contribution is 2.23. The first-order chi connectivity index (χ1) is 8.12. The Kier molecular flexibility index (Phi) is 3.25. The van der Waals surface area contributed by atoms with E-state index in [0.29, 0.717) is 0 Å². The number of pyridine rings is 1. The Morgan fingerprint density at radius 2 is 1.65 bits per heavy atom. The third-order valence-electron chi connectivity index (χ3n) is 3.18. The molecule has 1 heterocycles. The first-order valence-corrected chi connectivity index (χ1v) is 8.78. The molecule has 2 rings (SSSR count). The van der Waals surface area contributed by atoms with Crippen LogP contribution < -0.4 is 5.32 Å². The van der Waals surface area contributed by atoms with Crippen molar-refractivity contribution in [3.05, 3.63) is 66.9 Å². The lowest BCUT2D eigenvalue weighted by Crippen LogP contribution is -2.44. The Morgan fingerprint density at radius 3 is 2.24 bits per heavy atom. The van der Waals surface area contributed by atoms with Gasteiger partial charge in [-0.15, -0.1) is 0 Å². The highest BCUT2D eigenvalue weighted by atomic mass is 28.3. The van der Waals surface area contributed by atoms with E-state index in [1.54, 1.807) is 0 Å². The molecule has 0 bridgehead atoms. The molecule has 0 aliphatic carbocycles. The van der Waals surface area contributed by atoms with Gasteiger partial charge in [0, 0.05) is 11.5 Å². The number of hydrogen-bond acceptors (Lipinski definition) is 1. The van der Waals surface area contributed by atoms with Gasteiger partial charge in [0.1, 0.15) is 8.07 Å². The molecular formula is C15H17NSi. The summed E-state index contributed by atoms with van der Waals surface area (Å²) in [5.41, 5.74) is 1.23. The SMILES string of the molecule is C=C(c1ccccc1)[Si](C)(C)c1ccccn1. The van der Waals surface area contributed by atoms with Crippen LogP contribution in [0.3, 0.4) is 0 Å². The lowest BCUT2D eigenvalue weighted by Gasteiger charge is -2.24. The Bertz CT molecular complexity index is 503. The first kappa shape index (κ1) is 11.8. The summed E-state index contributed by atoms with van der Waals surface area (Å²) >= 11 is 0. The Morgan fingerprint density at radius 1 is 1.00 bits per heavy atom. The first-order valence-electron chi connectivity index (χ1n) is 5.78.